The van der Waals surface area contributed by atoms with Gasteiger partial charge >= 0.3 is 0 Å². The Balaban J connectivity index is 2.43. The summed E-state index contributed by atoms with van der Waals surface area (Å²) in [5.41, 5.74) is 4.98. The average Bonchev–Trinajstić information content (AvgIpc) is 2.45. The van der Waals surface area contributed by atoms with Gasteiger partial charge in [0.25, 0.3) is 0 Å². The third kappa shape index (κ3) is 3.05. The van der Waals surface area contributed by atoms with Crippen molar-refractivity contribution in [3.05, 3.63) is 63.1 Å². The quantitative estimate of drug-likeness (QED) is 0.896. The Morgan fingerprint density at radius 2 is 1.80 bits per heavy atom. The molecular formula is C17H20BrNO. The van der Waals surface area contributed by atoms with E-state index in [0.717, 1.165) is 10.2 Å². The van der Waals surface area contributed by atoms with Gasteiger partial charge in [0.15, 0.2) is 0 Å². The van der Waals surface area contributed by atoms with Crippen molar-refractivity contribution < 1.29 is 4.74 Å². The number of hydrogen-bond acceptors (Lipinski definition) is 2. The van der Waals surface area contributed by atoms with Crippen LogP contribution in [0, 0.1) is 13.8 Å². The fourth-order valence-electron chi connectivity index (χ4n) is 2.39. The highest BCUT2D eigenvalue weighted by atomic mass is 79.9. The standard InChI is InChI=1S/C17H20BrNO/c1-11-5-6-13(10-16(11)18)17(19-3)15-8-7-14(20-4)9-12(15)2/h5-10,17,19H,1-4H3. The van der Waals surface area contributed by atoms with E-state index in [9.17, 15) is 0 Å². The Bertz CT molecular complexity index is 610. The lowest BCUT2D eigenvalue weighted by Crippen LogP contribution is -2.18. The van der Waals surface area contributed by atoms with E-state index >= 15 is 0 Å². The summed E-state index contributed by atoms with van der Waals surface area (Å²) in [7, 11) is 3.68. The maximum absolute atomic E-state index is 5.28. The molecule has 106 valence electrons. The van der Waals surface area contributed by atoms with Gasteiger partial charge in [0.05, 0.1) is 13.2 Å². The molecule has 2 nitrogen and oxygen atoms in total. The van der Waals surface area contributed by atoms with E-state index in [0.29, 0.717) is 0 Å². The van der Waals surface area contributed by atoms with E-state index in [1.54, 1.807) is 7.11 Å². The first-order valence-corrected chi connectivity index (χ1v) is 7.44. The first-order chi connectivity index (χ1) is 9.56. The molecule has 0 amide bonds. The second-order valence-electron chi connectivity index (χ2n) is 4.95. The highest BCUT2D eigenvalue weighted by Gasteiger charge is 2.15. The molecule has 0 aliphatic rings. The summed E-state index contributed by atoms with van der Waals surface area (Å²) in [6, 6.07) is 12.9. The molecule has 2 aromatic carbocycles. The second kappa shape index (κ2) is 6.42. The Morgan fingerprint density at radius 1 is 1.05 bits per heavy atom. The van der Waals surface area contributed by atoms with Gasteiger partial charge in [-0.2, -0.15) is 0 Å². The van der Waals surface area contributed by atoms with E-state index in [1.165, 1.54) is 22.3 Å². The summed E-state index contributed by atoms with van der Waals surface area (Å²) >= 11 is 3.61. The van der Waals surface area contributed by atoms with E-state index in [4.69, 9.17) is 4.74 Å². The second-order valence-corrected chi connectivity index (χ2v) is 5.81. The summed E-state index contributed by atoms with van der Waals surface area (Å²) in [6.07, 6.45) is 0. The molecule has 0 aliphatic carbocycles. The SMILES string of the molecule is CNC(c1ccc(C)c(Br)c1)c1ccc(OC)cc1C. The van der Waals surface area contributed by atoms with Gasteiger partial charge in [-0.15, -0.1) is 0 Å². The molecule has 1 atom stereocenters. The highest BCUT2D eigenvalue weighted by Crippen LogP contribution is 2.29. The number of rotatable bonds is 4. The Morgan fingerprint density at radius 3 is 2.35 bits per heavy atom. The summed E-state index contributed by atoms with van der Waals surface area (Å²) in [5, 5.41) is 3.40. The minimum Gasteiger partial charge on any atom is -0.497 e. The van der Waals surface area contributed by atoms with Crippen LogP contribution in [0.4, 0.5) is 0 Å². The Kier molecular flexibility index (Phi) is 4.84. The van der Waals surface area contributed by atoms with Crippen LogP contribution in [0.1, 0.15) is 28.3 Å². The minimum atomic E-state index is 0.179. The van der Waals surface area contributed by atoms with Crippen LogP contribution in [-0.2, 0) is 0 Å². The minimum absolute atomic E-state index is 0.179. The highest BCUT2D eigenvalue weighted by molar-refractivity contribution is 9.10. The van der Waals surface area contributed by atoms with Gasteiger partial charge in [-0.25, -0.2) is 0 Å². The summed E-state index contributed by atoms with van der Waals surface area (Å²) < 4.78 is 6.42. The predicted octanol–water partition coefficient (Wildman–Crippen LogP) is 4.38. The molecule has 0 fully saturated rings. The molecule has 0 spiro atoms. The molecular weight excluding hydrogens is 314 g/mol. The van der Waals surface area contributed by atoms with E-state index in [1.807, 2.05) is 13.1 Å². The van der Waals surface area contributed by atoms with Crippen molar-refractivity contribution >= 4 is 15.9 Å². The normalized spacial score (nSPS) is 12.2. The molecule has 3 heteroatoms. The van der Waals surface area contributed by atoms with Gasteiger partial charge in [-0.3, -0.25) is 0 Å². The molecule has 2 rings (SSSR count). The third-order valence-electron chi connectivity index (χ3n) is 3.61. The van der Waals surface area contributed by atoms with Crippen molar-refractivity contribution in [2.75, 3.05) is 14.2 Å². The first-order valence-electron chi connectivity index (χ1n) is 6.64. The number of nitrogens with one attached hydrogen (secondary N) is 1. The van der Waals surface area contributed by atoms with Crippen LogP contribution in [0.5, 0.6) is 5.75 Å². The monoisotopic (exact) mass is 333 g/mol. The van der Waals surface area contributed by atoms with Gasteiger partial charge < -0.3 is 10.1 Å². The summed E-state index contributed by atoms with van der Waals surface area (Å²) in [6.45, 7) is 4.21. The Labute approximate surface area is 129 Å². The topological polar surface area (TPSA) is 21.3 Å². The van der Waals surface area contributed by atoms with Crippen molar-refractivity contribution in [1.82, 2.24) is 5.32 Å². The smallest absolute Gasteiger partial charge is 0.119 e. The van der Waals surface area contributed by atoms with Crippen molar-refractivity contribution in [2.24, 2.45) is 0 Å². The van der Waals surface area contributed by atoms with E-state index < -0.39 is 0 Å². The maximum Gasteiger partial charge on any atom is 0.119 e. The fourth-order valence-corrected chi connectivity index (χ4v) is 2.79. The van der Waals surface area contributed by atoms with Crippen LogP contribution < -0.4 is 10.1 Å². The number of benzene rings is 2. The van der Waals surface area contributed by atoms with E-state index in [2.05, 4.69) is 65.4 Å². The molecule has 0 aromatic heterocycles. The molecule has 0 saturated carbocycles. The fraction of sp³-hybridized carbons (Fsp3) is 0.294. The summed E-state index contributed by atoms with van der Waals surface area (Å²) in [5.74, 6) is 0.895. The molecule has 0 bridgehead atoms. The number of ether oxygens (including phenoxy) is 1. The zero-order chi connectivity index (χ0) is 14.7. The van der Waals surface area contributed by atoms with Gasteiger partial charge in [0.1, 0.15) is 5.75 Å². The summed E-state index contributed by atoms with van der Waals surface area (Å²) in [4.78, 5) is 0. The van der Waals surface area contributed by atoms with Crippen LogP contribution in [-0.4, -0.2) is 14.2 Å². The predicted molar refractivity (Wildman–Crippen MR) is 87.5 cm³/mol. The van der Waals surface area contributed by atoms with Gasteiger partial charge in [-0.05, 0) is 61.3 Å². The first kappa shape index (κ1) is 15.1. The molecule has 0 radical (unpaired) electrons. The van der Waals surface area contributed by atoms with Crippen molar-refractivity contribution in [3.8, 4) is 5.75 Å². The molecule has 0 heterocycles. The lowest BCUT2D eigenvalue weighted by Gasteiger charge is -2.20. The van der Waals surface area contributed by atoms with Crippen molar-refractivity contribution in [2.45, 2.75) is 19.9 Å². The van der Waals surface area contributed by atoms with Gasteiger partial charge in [0.2, 0.25) is 0 Å². The molecule has 20 heavy (non-hydrogen) atoms. The third-order valence-corrected chi connectivity index (χ3v) is 4.46. The lowest BCUT2D eigenvalue weighted by atomic mass is 9.94. The van der Waals surface area contributed by atoms with Crippen LogP contribution in [0.2, 0.25) is 0 Å². The van der Waals surface area contributed by atoms with Crippen LogP contribution in [0.15, 0.2) is 40.9 Å². The van der Waals surface area contributed by atoms with E-state index in [-0.39, 0.29) is 6.04 Å². The van der Waals surface area contributed by atoms with Crippen LogP contribution >= 0.6 is 15.9 Å². The maximum atomic E-state index is 5.28. The lowest BCUT2D eigenvalue weighted by molar-refractivity contribution is 0.414. The molecule has 1 unspecified atom stereocenters. The Hall–Kier alpha value is -1.32. The van der Waals surface area contributed by atoms with Gasteiger partial charge in [-0.1, -0.05) is 34.1 Å². The molecule has 2 aromatic rings. The number of halogens is 1. The van der Waals surface area contributed by atoms with Crippen molar-refractivity contribution in [3.63, 3.8) is 0 Å². The van der Waals surface area contributed by atoms with Crippen LogP contribution in [0.3, 0.4) is 0 Å². The van der Waals surface area contributed by atoms with Gasteiger partial charge in [0, 0.05) is 4.47 Å². The molecule has 0 saturated heterocycles. The number of methoxy groups -OCH3 is 1. The van der Waals surface area contributed by atoms with Crippen molar-refractivity contribution in [1.29, 1.82) is 0 Å². The largest absolute Gasteiger partial charge is 0.497 e. The van der Waals surface area contributed by atoms with Crippen LogP contribution in [0.25, 0.3) is 0 Å². The number of hydrogen-bond donors (Lipinski definition) is 1. The zero-order valence-corrected chi connectivity index (χ0v) is 13.9. The molecule has 1 N–H and O–H groups in total. The number of aryl methyl sites for hydroxylation is 2. The average molecular weight is 334 g/mol. The zero-order valence-electron chi connectivity index (χ0n) is 12.3. The molecule has 0 aliphatic heterocycles.